The van der Waals surface area contributed by atoms with Gasteiger partial charge in [0.05, 0.1) is 18.8 Å². The molecule has 0 saturated heterocycles. The van der Waals surface area contributed by atoms with Crippen molar-refractivity contribution in [2.24, 2.45) is 5.73 Å². The zero-order valence-electron chi connectivity index (χ0n) is 12.8. The Hall–Kier alpha value is -1.58. The van der Waals surface area contributed by atoms with Gasteiger partial charge in [0, 0.05) is 12.1 Å². The Morgan fingerprint density at radius 1 is 1.29 bits per heavy atom. The van der Waals surface area contributed by atoms with Gasteiger partial charge in [-0.3, -0.25) is 4.90 Å². The zero-order valence-corrected chi connectivity index (χ0v) is 12.8. The Morgan fingerprint density at radius 2 is 2.10 bits per heavy atom. The molecule has 1 aromatic carbocycles. The highest BCUT2D eigenvalue weighted by atomic mass is 16.3. The smallest absolute Gasteiger partial charge is 0.117 e. The molecule has 2 atom stereocenters. The van der Waals surface area contributed by atoms with Crippen molar-refractivity contribution in [3.63, 3.8) is 0 Å². The second kappa shape index (κ2) is 6.04. The first-order valence-electron chi connectivity index (χ1n) is 7.75. The minimum absolute atomic E-state index is 0.0855. The van der Waals surface area contributed by atoms with Crippen molar-refractivity contribution < 1.29 is 4.42 Å². The maximum Gasteiger partial charge on any atom is 0.117 e. The van der Waals surface area contributed by atoms with Crippen LogP contribution in [0.2, 0.25) is 0 Å². The number of rotatable bonds is 6. The molecule has 0 radical (unpaired) electrons. The molecule has 1 aliphatic rings. The summed E-state index contributed by atoms with van der Waals surface area (Å²) in [5, 5.41) is 0. The standard InChI is InChI=1S/C18H24N2O/c1-13-5-3-6-15(11-13)18(14(2)19)20(16-8-9-16)12-17-7-4-10-21-17/h3-7,10-11,14,16,18H,8-9,12,19H2,1-2H3. The fourth-order valence-corrected chi connectivity index (χ4v) is 3.09. The van der Waals surface area contributed by atoms with Gasteiger partial charge in [0.1, 0.15) is 5.76 Å². The quantitative estimate of drug-likeness (QED) is 0.880. The first-order valence-corrected chi connectivity index (χ1v) is 7.75. The van der Waals surface area contributed by atoms with E-state index in [4.69, 9.17) is 10.2 Å². The highest BCUT2D eigenvalue weighted by Crippen LogP contribution is 2.37. The van der Waals surface area contributed by atoms with Gasteiger partial charge in [-0.25, -0.2) is 0 Å². The summed E-state index contributed by atoms with van der Waals surface area (Å²) in [7, 11) is 0. The minimum atomic E-state index is 0.0855. The molecule has 2 N–H and O–H groups in total. The molecule has 1 saturated carbocycles. The summed E-state index contributed by atoms with van der Waals surface area (Å²) in [4.78, 5) is 2.51. The highest BCUT2D eigenvalue weighted by molar-refractivity contribution is 5.27. The van der Waals surface area contributed by atoms with E-state index in [0.29, 0.717) is 6.04 Å². The van der Waals surface area contributed by atoms with Crippen LogP contribution >= 0.6 is 0 Å². The van der Waals surface area contributed by atoms with Crippen LogP contribution < -0.4 is 5.73 Å². The Bertz CT molecular complexity index is 573. The molecule has 1 heterocycles. The summed E-state index contributed by atoms with van der Waals surface area (Å²) < 4.78 is 5.55. The maximum absolute atomic E-state index is 6.34. The molecule has 21 heavy (non-hydrogen) atoms. The molecule has 3 rings (SSSR count). The SMILES string of the molecule is Cc1cccc(C(C(C)N)N(Cc2ccco2)C2CC2)c1. The average molecular weight is 284 g/mol. The summed E-state index contributed by atoms with van der Waals surface area (Å²) in [6, 6.07) is 13.7. The van der Waals surface area contributed by atoms with Gasteiger partial charge < -0.3 is 10.2 Å². The number of hydrogen-bond donors (Lipinski definition) is 1. The predicted molar refractivity (Wildman–Crippen MR) is 84.8 cm³/mol. The van der Waals surface area contributed by atoms with Crippen LogP contribution in [0.25, 0.3) is 0 Å². The lowest BCUT2D eigenvalue weighted by Gasteiger charge is -2.34. The van der Waals surface area contributed by atoms with Crippen molar-refractivity contribution in [2.45, 2.75) is 51.4 Å². The van der Waals surface area contributed by atoms with Gasteiger partial charge in [-0.05, 0) is 44.4 Å². The van der Waals surface area contributed by atoms with E-state index in [1.54, 1.807) is 6.26 Å². The van der Waals surface area contributed by atoms with E-state index in [2.05, 4.69) is 43.0 Å². The fraction of sp³-hybridized carbons (Fsp3) is 0.444. The van der Waals surface area contributed by atoms with Crippen LogP contribution in [-0.2, 0) is 6.54 Å². The monoisotopic (exact) mass is 284 g/mol. The molecule has 112 valence electrons. The van der Waals surface area contributed by atoms with E-state index < -0.39 is 0 Å². The van der Waals surface area contributed by atoms with E-state index in [1.807, 2.05) is 12.1 Å². The summed E-state index contributed by atoms with van der Waals surface area (Å²) in [5.41, 5.74) is 8.93. The molecule has 0 amide bonds. The molecule has 3 nitrogen and oxygen atoms in total. The number of benzene rings is 1. The number of nitrogens with zero attached hydrogens (tertiary/aromatic N) is 1. The third-order valence-corrected chi connectivity index (χ3v) is 4.17. The number of hydrogen-bond acceptors (Lipinski definition) is 3. The van der Waals surface area contributed by atoms with Crippen LogP contribution in [0, 0.1) is 6.92 Å². The van der Waals surface area contributed by atoms with Crippen LogP contribution in [0.5, 0.6) is 0 Å². The van der Waals surface area contributed by atoms with E-state index >= 15 is 0 Å². The van der Waals surface area contributed by atoms with E-state index in [0.717, 1.165) is 12.3 Å². The van der Waals surface area contributed by atoms with Gasteiger partial charge in [-0.2, -0.15) is 0 Å². The third-order valence-electron chi connectivity index (χ3n) is 4.17. The molecular formula is C18H24N2O. The predicted octanol–water partition coefficient (Wildman–Crippen LogP) is 3.64. The summed E-state index contributed by atoms with van der Waals surface area (Å²) in [5.74, 6) is 1.01. The Labute approximate surface area is 126 Å². The topological polar surface area (TPSA) is 42.4 Å². The number of aryl methyl sites for hydroxylation is 1. The second-order valence-corrected chi connectivity index (χ2v) is 6.20. The Morgan fingerprint density at radius 3 is 2.67 bits per heavy atom. The fourth-order valence-electron chi connectivity index (χ4n) is 3.09. The van der Waals surface area contributed by atoms with Crippen molar-refractivity contribution in [3.8, 4) is 0 Å². The van der Waals surface area contributed by atoms with Crippen LogP contribution in [0.1, 0.15) is 42.7 Å². The normalized spacial score (nSPS) is 17.9. The molecule has 2 aromatic rings. The summed E-state index contributed by atoms with van der Waals surface area (Å²) in [6.45, 7) is 5.07. The molecule has 0 bridgehead atoms. The number of furan rings is 1. The van der Waals surface area contributed by atoms with Crippen molar-refractivity contribution in [1.29, 1.82) is 0 Å². The van der Waals surface area contributed by atoms with Gasteiger partial charge in [-0.1, -0.05) is 29.8 Å². The first-order chi connectivity index (χ1) is 10.1. The molecule has 0 spiro atoms. The van der Waals surface area contributed by atoms with E-state index in [9.17, 15) is 0 Å². The summed E-state index contributed by atoms with van der Waals surface area (Å²) in [6.07, 6.45) is 4.26. The van der Waals surface area contributed by atoms with Crippen LogP contribution in [0.4, 0.5) is 0 Å². The lowest BCUT2D eigenvalue weighted by Crippen LogP contribution is -2.40. The zero-order chi connectivity index (χ0) is 14.8. The third kappa shape index (κ3) is 3.36. The molecule has 0 aliphatic heterocycles. The molecule has 1 fully saturated rings. The van der Waals surface area contributed by atoms with Gasteiger partial charge in [0.15, 0.2) is 0 Å². The van der Waals surface area contributed by atoms with Crippen LogP contribution in [0.3, 0.4) is 0 Å². The second-order valence-electron chi connectivity index (χ2n) is 6.20. The highest BCUT2D eigenvalue weighted by Gasteiger charge is 2.36. The average Bonchev–Trinajstić information content (AvgIpc) is 3.16. The van der Waals surface area contributed by atoms with E-state index in [1.165, 1.54) is 24.0 Å². The molecule has 1 aromatic heterocycles. The summed E-state index contributed by atoms with van der Waals surface area (Å²) >= 11 is 0. The van der Waals surface area contributed by atoms with Gasteiger partial charge in [-0.15, -0.1) is 0 Å². The lowest BCUT2D eigenvalue weighted by atomic mass is 9.97. The van der Waals surface area contributed by atoms with Crippen molar-refractivity contribution in [3.05, 3.63) is 59.5 Å². The Kier molecular flexibility index (Phi) is 4.13. The van der Waals surface area contributed by atoms with Crippen LogP contribution in [0.15, 0.2) is 47.1 Å². The first kappa shape index (κ1) is 14.4. The molecular weight excluding hydrogens is 260 g/mol. The molecule has 3 heteroatoms. The van der Waals surface area contributed by atoms with Crippen molar-refractivity contribution in [2.75, 3.05) is 0 Å². The lowest BCUT2D eigenvalue weighted by molar-refractivity contribution is 0.146. The van der Waals surface area contributed by atoms with Crippen molar-refractivity contribution in [1.82, 2.24) is 4.90 Å². The van der Waals surface area contributed by atoms with Crippen molar-refractivity contribution >= 4 is 0 Å². The molecule has 2 unspecified atom stereocenters. The van der Waals surface area contributed by atoms with Crippen LogP contribution in [-0.4, -0.2) is 17.0 Å². The largest absolute Gasteiger partial charge is 0.468 e. The minimum Gasteiger partial charge on any atom is -0.468 e. The maximum atomic E-state index is 6.34. The Balaban J connectivity index is 1.89. The van der Waals surface area contributed by atoms with E-state index in [-0.39, 0.29) is 12.1 Å². The van der Waals surface area contributed by atoms with Gasteiger partial charge in [0.2, 0.25) is 0 Å². The molecule has 1 aliphatic carbocycles. The van der Waals surface area contributed by atoms with Gasteiger partial charge >= 0.3 is 0 Å². The van der Waals surface area contributed by atoms with Gasteiger partial charge in [0.25, 0.3) is 0 Å². The number of nitrogens with two attached hydrogens (primary N) is 1.